The molecule has 0 saturated carbocycles. The first-order chi connectivity index (χ1) is 9.19. The number of ether oxygens (including phenoxy) is 2. The average molecular weight is 284 g/mol. The van der Waals surface area contributed by atoms with Gasteiger partial charge in [-0.3, -0.25) is 4.79 Å². The molecule has 0 bridgehead atoms. The molecule has 2 unspecified atom stereocenters. The van der Waals surface area contributed by atoms with Crippen molar-refractivity contribution in [1.29, 1.82) is 0 Å². The highest BCUT2D eigenvalue weighted by Crippen LogP contribution is 2.13. The molecule has 1 fully saturated rings. The number of para-hydroxylation sites is 1. The molecule has 1 heterocycles. The molecule has 1 saturated heterocycles. The number of halogens is 1. The molecule has 19 heavy (non-hydrogen) atoms. The van der Waals surface area contributed by atoms with E-state index in [0.717, 1.165) is 0 Å². The van der Waals surface area contributed by atoms with Crippen LogP contribution in [0, 0.1) is 0 Å². The van der Waals surface area contributed by atoms with Crippen LogP contribution < -0.4 is 4.74 Å². The van der Waals surface area contributed by atoms with Gasteiger partial charge in [0, 0.05) is 13.1 Å². The topological polar surface area (TPSA) is 38.8 Å². The molecule has 2 atom stereocenters. The van der Waals surface area contributed by atoms with Crippen molar-refractivity contribution in [2.75, 3.05) is 25.6 Å². The lowest BCUT2D eigenvalue weighted by atomic mass is 10.2. The van der Waals surface area contributed by atoms with Gasteiger partial charge in [0.05, 0.1) is 18.1 Å². The summed E-state index contributed by atoms with van der Waals surface area (Å²) < 4.78 is 11.1. The Hall–Kier alpha value is -1.26. The lowest BCUT2D eigenvalue weighted by Crippen LogP contribution is -2.51. The van der Waals surface area contributed by atoms with Gasteiger partial charge in [-0.2, -0.15) is 0 Å². The van der Waals surface area contributed by atoms with Crippen LogP contribution in [-0.2, 0) is 9.53 Å². The van der Waals surface area contributed by atoms with Crippen LogP contribution in [0.4, 0.5) is 0 Å². The van der Waals surface area contributed by atoms with Crippen molar-refractivity contribution in [1.82, 2.24) is 4.90 Å². The zero-order valence-corrected chi connectivity index (χ0v) is 11.7. The van der Waals surface area contributed by atoms with Gasteiger partial charge in [0.15, 0.2) is 6.61 Å². The summed E-state index contributed by atoms with van der Waals surface area (Å²) in [6.07, 6.45) is -0.0794. The van der Waals surface area contributed by atoms with Crippen LogP contribution in [0.3, 0.4) is 0 Å². The Morgan fingerprint density at radius 1 is 1.42 bits per heavy atom. The summed E-state index contributed by atoms with van der Waals surface area (Å²) in [5.41, 5.74) is 0. The van der Waals surface area contributed by atoms with E-state index in [2.05, 4.69) is 0 Å². The van der Waals surface area contributed by atoms with Crippen LogP contribution in [0.1, 0.15) is 6.92 Å². The Labute approximate surface area is 118 Å². The number of amides is 1. The number of carbonyl (C=O) groups excluding carboxylic acids is 1. The van der Waals surface area contributed by atoms with E-state index in [4.69, 9.17) is 21.1 Å². The molecule has 1 aliphatic rings. The minimum Gasteiger partial charge on any atom is -0.484 e. The Morgan fingerprint density at radius 2 is 2.16 bits per heavy atom. The maximum absolute atomic E-state index is 12.1. The standard InChI is InChI=1S/C14H18ClNO3/c1-11-8-16(9-13(7-15)19-11)14(17)10-18-12-5-3-2-4-6-12/h2-6,11,13H,7-10H2,1H3. The highest BCUT2D eigenvalue weighted by atomic mass is 35.5. The van der Waals surface area contributed by atoms with Gasteiger partial charge in [0.1, 0.15) is 5.75 Å². The summed E-state index contributed by atoms with van der Waals surface area (Å²) >= 11 is 5.79. The first-order valence-corrected chi connectivity index (χ1v) is 6.89. The highest BCUT2D eigenvalue weighted by Gasteiger charge is 2.27. The van der Waals surface area contributed by atoms with E-state index in [1.165, 1.54) is 0 Å². The van der Waals surface area contributed by atoms with Gasteiger partial charge < -0.3 is 14.4 Å². The Bertz CT molecular complexity index is 412. The second-order valence-corrected chi connectivity index (χ2v) is 4.93. The van der Waals surface area contributed by atoms with E-state index in [1.807, 2.05) is 37.3 Å². The van der Waals surface area contributed by atoms with Crippen molar-refractivity contribution >= 4 is 17.5 Å². The number of hydrogen-bond donors (Lipinski definition) is 0. The fourth-order valence-corrected chi connectivity index (χ4v) is 2.26. The molecule has 0 aliphatic carbocycles. The molecule has 1 aromatic rings. The molecule has 1 amide bonds. The normalized spacial score (nSPS) is 23.2. The molecule has 1 aliphatic heterocycles. The van der Waals surface area contributed by atoms with E-state index >= 15 is 0 Å². The molecule has 5 heteroatoms. The third-order valence-electron chi connectivity index (χ3n) is 2.96. The lowest BCUT2D eigenvalue weighted by Gasteiger charge is -2.36. The van der Waals surface area contributed by atoms with Crippen LogP contribution >= 0.6 is 11.6 Å². The van der Waals surface area contributed by atoms with E-state index in [0.29, 0.717) is 24.7 Å². The molecular weight excluding hydrogens is 266 g/mol. The third-order valence-corrected chi connectivity index (χ3v) is 3.30. The summed E-state index contributed by atoms with van der Waals surface area (Å²) in [5.74, 6) is 1.06. The van der Waals surface area contributed by atoms with Crippen molar-refractivity contribution in [2.45, 2.75) is 19.1 Å². The van der Waals surface area contributed by atoms with Gasteiger partial charge in [-0.25, -0.2) is 0 Å². The van der Waals surface area contributed by atoms with Crippen LogP contribution in [0.15, 0.2) is 30.3 Å². The minimum absolute atomic E-state index is 0.0122. The number of rotatable bonds is 4. The third kappa shape index (κ3) is 4.11. The SMILES string of the molecule is CC1CN(C(=O)COc2ccccc2)CC(CCl)O1. The zero-order chi connectivity index (χ0) is 13.7. The van der Waals surface area contributed by atoms with Crippen molar-refractivity contribution in [3.63, 3.8) is 0 Å². The Kier molecular flexibility index (Phi) is 5.05. The Balaban J connectivity index is 1.85. The number of hydrogen-bond acceptors (Lipinski definition) is 3. The van der Waals surface area contributed by atoms with E-state index < -0.39 is 0 Å². The summed E-state index contributed by atoms with van der Waals surface area (Å²) in [7, 11) is 0. The number of morpholine rings is 1. The molecule has 0 aromatic heterocycles. The molecule has 1 aromatic carbocycles. The number of benzene rings is 1. The summed E-state index contributed by atoms with van der Waals surface area (Å²) in [6.45, 7) is 3.11. The summed E-state index contributed by atoms with van der Waals surface area (Å²) in [6, 6.07) is 9.32. The molecule has 104 valence electrons. The quantitative estimate of drug-likeness (QED) is 0.793. The monoisotopic (exact) mass is 283 g/mol. The first kappa shape index (κ1) is 14.2. The fraction of sp³-hybridized carbons (Fsp3) is 0.500. The van der Waals surface area contributed by atoms with Gasteiger partial charge >= 0.3 is 0 Å². The van der Waals surface area contributed by atoms with Crippen LogP contribution in [0.2, 0.25) is 0 Å². The minimum atomic E-state index is -0.0916. The molecule has 4 nitrogen and oxygen atoms in total. The van der Waals surface area contributed by atoms with Gasteiger partial charge in [-0.15, -0.1) is 11.6 Å². The second-order valence-electron chi connectivity index (χ2n) is 4.62. The average Bonchev–Trinajstić information content (AvgIpc) is 2.45. The first-order valence-electron chi connectivity index (χ1n) is 6.36. The van der Waals surface area contributed by atoms with Crippen LogP contribution in [0.5, 0.6) is 5.75 Å². The van der Waals surface area contributed by atoms with Crippen LogP contribution in [0.25, 0.3) is 0 Å². The maximum atomic E-state index is 12.1. The van der Waals surface area contributed by atoms with E-state index in [9.17, 15) is 4.79 Å². The predicted octanol–water partition coefficient (Wildman–Crippen LogP) is 1.92. The maximum Gasteiger partial charge on any atom is 0.260 e. The summed E-state index contributed by atoms with van der Waals surface area (Å²) in [5, 5.41) is 0. The van der Waals surface area contributed by atoms with Gasteiger partial charge in [0.25, 0.3) is 5.91 Å². The molecule has 0 N–H and O–H groups in total. The molecule has 0 spiro atoms. The van der Waals surface area contributed by atoms with Crippen molar-refractivity contribution in [3.8, 4) is 5.75 Å². The van der Waals surface area contributed by atoms with Crippen molar-refractivity contribution in [2.24, 2.45) is 0 Å². The molecular formula is C14H18ClNO3. The fourth-order valence-electron chi connectivity index (χ4n) is 2.09. The van der Waals surface area contributed by atoms with Crippen LogP contribution in [-0.4, -0.2) is 48.6 Å². The number of nitrogens with zero attached hydrogens (tertiary/aromatic N) is 1. The predicted molar refractivity (Wildman–Crippen MR) is 73.6 cm³/mol. The number of alkyl halides is 1. The Morgan fingerprint density at radius 3 is 2.84 bits per heavy atom. The second kappa shape index (κ2) is 6.78. The molecule has 0 radical (unpaired) electrons. The lowest BCUT2D eigenvalue weighted by molar-refractivity contribution is -0.145. The van der Waals surface area contributed by atoms with Gasteiger partial charge in [-0.1, -0.05) is 18.2 Å². The number of carbonyl (C=O) groups is 1. The smallest absolute Gasteiger partial charge is 0.260 e. The zero-order valence-electron chi connectivity index (χ0n) is 10.9. The van der Waals surface area contributed by atoms with E-state index in [-0.39, 0.29) is 24.7 Å². The van der Waals surface area contributed by atoms with E-state index in [1.54, 1.807) is 4.90 Å². The van der Waals surface area contributed by atoms with Gasteiger partial charge in [0.2, 0.25) is 0 Å². The molecule has 2 rings (SSSR count). The summed E-state index contributed by atoms with van der Waals surface area (Å²) in [4.78, 5) is 13.8. The van der Waals surface area contributed by atoms with Crippen molar-refractivity contribution < 1.29 is 14.3 Å². The largest absolute Gasteiger partial charge is 0.484 e. The van der Waals surface area contributed by atoms with Gasteiger partial charge in [-0.05, 0) is 19.1 Å². The highest BCUT2D eigenvalue weighted by molar-refractivity contribution is 6.18. The van der Waals surface area contributed by atoms with Crippen molar-refractivity contribution in [3.05, 3.63) is 30.3 Å².